The van der Waals surface area contributed by atoms with Crippen molar-refractivity contribution < 1.29 is 9.21 Å². The molecule has 0 saturated heterocycles. The summed E-state index contributed by atoms with van der Waals surface area (Å²) in [6, 6.07) is 1.96. The summed E-state index contributed by atoms with van der Waals surface area (Å²) in [5.74, 6) is 1.37. The van der Waals surface area contributed by atoms with Crippen LogP contribution in [0.5, 0.6) is 0 Å². The number of carbonyl (C=O) groups excluding carboxylic acids is 1. The lowest BCUT2D eigenvalue weighted by Gasteiger charge is -2.13. The molecule has 21 heavy (non-hydrogen) atoms. The molecule has 2 aromatic heterocycles. The quantitative estimate of drug-likeness (QED) is 0.870. The van der Waals surface area contributed by atoms with Gasteiger partial charge >= 0.3 is 0 Å². The predicted molar refractivity (Wildman–Crippen MR) is 77.6 cm³/mol. The van der Waals surface area contributed by atoms with Crippen molar-refractivity contribution in [2.75, 3.05) is 0 Å². The fourth-order valence-corrected chi connectivity index (χ4v) is 2.59. The molecule has 1 amide bonds. The molecule has 0 saturated carbocycles. The summed E-state index contributed by atoms with van der Waals surface area (Å²) in [5, 5.41) is 0. The number of amides is 1. The highest BCUT2D eigenvalue weighted by Crippen LogP contribution is 2.24. The van der Waals surface area contributed by atoms with E-state index in [0.717, 1.165) is 17.5 Å². The zero-order valence-electron chi connectivity index (χ0n) is 12.6. The molecule has 110 valence electrons. The second-order valence-electron chi connectivity index (χ2n) is 5.93. The maximum absolute atomic E-state index is 12.6. The summed E-state index contributed by atoms with van der Waals surface area (Å²) in [4.78, 5) is 22.9. The molecule has 0 N–H and O–H groups in total. The van der Waals surface area contributed by atoms with E-state index in [1.165, 1.54) is 0 Å². The molecular weight excluding hydrogens is 266 g/mol. The molecule has 3 heterocycles. The Hall–Kier alpha value is -2.17. The largest absolute Gasteiger partial charge is 0.435 e. The van der Waals surface area contributed by atoms with Gasteiger partial charge in [0.1, 0.15) is 0 Å². The number of rotatable bonds is 3. The van der Waals surface area contributed by atoms with Crippen LogP contribution in [0.2, 0.25) is 0 Å². The number of aryl methyl sites for hydroxylation is 1. The van der Waals surface area contributed by atoms with Crippen molar-refractivity contribution in [1.29, 1.82) is 0 Å². The molecule has 5 heteroatoms. The van der Waals surface area contributed by atoms with Crippen LogP contribution in [-0.4, -0.2) is 20.8 Å². The summed E-state index contributed by atoms with van der Waals surface area (Å²) in [5.41, 5.74) is 2.92. The molecule has 2 aromatic rings. The first-order valence-corrected chi connectivity index (χ1v) is 7.22. The Labute approximate surface area is 124 Å². The van der Waals surface area contributed by atoms with E-state index in [0.29, 0.717) is 36.4 Å². The Balaban J connectivity index is 1.79. The highest BCUT2D eigenvalue weighted by molar-refractivity contribution is 5.92. The SMILES string of the molecule is Cc1nc(CC(C)C)oc1C(=O)N1Cc2ccncc2C1. The number of nitrogens with zero attached hydrogens (tertiary/aromatic N) is 3. The summed E-state index contributed by atoms with van der Waals surface area (Å²) >= 11 is 0. The van der Waals surface area contributed by atoms with Crippen LogP contribution in [0.25, 0.3) is 0 Å². The van der Waals surface area contributed by atoms with E-state index in [-0.39, 0.29) is 5.91 Å². The highest BCUT2D eigenvalue weighted by Gasteiger charge is 2.28. The van der Waals surface area contributed by atoms with Crippen molar-refractivity contribution in [3.8, 4) is 0 Å². The highest BCUT2D eigenvalue weighted by atomic mass is 16.4. The molecule has 3 rings (SSSR count). The summed E-state index contributed by atoms with van der Waals surface area (Å²) in [6.07, 6.45) is 4.32. The molecule has 5 nitrogen and oxygen atoms in total. The van der Waals surface area contributed by atoms with Crippen LogP contribution in [0, 0.1) is 12.8 Å². The Morgan fingerprint density at radius 2 is 2.14 bits per heavy atom. The second kappa shape index (κ2) is 5.31. The van der Waals surface area contributed by atoms with Crippen LogP contribution >= 0.6 is 0 Å². The van der Waals surface area contributed by atoms with Crippen molar-refractivity contribution in [2.24, 2.45) is 5.92 Å². The Kier molecular flexibility index (Phi) is 3.49. The molecule has 0 bridgehead atoms. The third-order valence-electron chi connectivity index (χ3n) is 3.63. The lowest BCUT2D eigenvalue weighted by atomic mass is 10.1. The third-order valence-corrected chi connectivity index (χ3v) is 3.63. The van der Waals surface area contributed by atoms with Crippen molar-refractivity contribution in [1.82, 2.24) is 14.9 Å². The van der Waals surface area contributed by atoms with Gasteiger partial charge < -0.3 is 9.32 Å². The molecule has 1 aliphatic heterocycles. The van der Waals surface area contributed by atoms with Crippen molar-refractivity contribution >= 4 is 5.91 Å². The van der Waals surface area contributed by atoms with Gasteiger partial charge in [0.25, 0.3) is 5.91 Å². The number of pyridine rings is 1. The molecule has 0 unspecified atom stereocenters. The van der Waals surface area contributed by atoms with Crippen molar-refractivity contribution in [2.45, 2.75) is 40.3 Å². The monoisotopic (exact) mass is 285 g/mol. The summed E-state index contributed by atoms with van der Waals surface area (Å²) in [7, 11) is 0. The molecule has 0 fully saturated rings. The van der Waals surface area contributed by atoms with E-state index >= 15 is 0 Å². The Morgan fingerprint density at radius 1 is 1.38 bits per heavy atom. The fraction of sp³-hybridized carbons (Fsp3) is 0.438. The minimum absolute atomic E-state index is 0.0915. The average Bonchev–Trinajstić information content (AvgIpc) is 3.00. The summed E-state index contributed by atoms with van der Waals surface area (Å²) in [6.45, 7) is 7.22. The normalized spacial score (nSPS) is 13.8. The lowest BCUT2D eigenvalue weighted by molar-refractivity contribution is 0.0716. The first kappa shape index (κ1) is 13.8. The zero-order valence-corrected chi connectivity index (χ0v) is 12.6. The van der Waals surface area contributed by atoms with Crippen molar-refractivity contribution in [3.05, 3.63) is 46.9 Å². The number of oxazole rings is 1. The van der Waals surface area contributed by atoms with Crippen LogP contribution in [0.3, 0.4) is 0 Å². The number of fused-ring (bicyclic) bond motifs is 1. The first-order chi connectivity index (χ1) is 10.0. The van der Waals surface area contributed by atoms with E-state index in [4.69, 9.17) is 4.42 Å². The zero-order chi connectivity index (χ0) is 15.0. The fourth-order valence-electron chi connectivity index (χ4n) is 2.59. The Morgan fingerprint density at radius 3 is 2.86 bits per heavy atom. The van der Waals surface area contributed by atoms with Gasteiger partial charge in [0.15, 0.2) is 5.89 Å². The first-order valence-electron chi connectivity index (χ1n) is 7.22. The standard InChI is InChI=1S/C16H19N3O2/c1-10(2)6-14-18-11(3)15(21-14)16(20)19-8-12-4-5-17-7-13(12)9-19/h4-5,7,10H,6,8-9H2,1-3H3. The third kappa shape index (κ3) is 2.68. The van der Waals surface area contributed by atoms with Gasteiger partial charge in [-0.1, -0.05) is 13.8 Å². The predicted octanol–water partition coefficient (Wildman–Crippen LogP) is 2.73. The van der Waals surface area contributed by atoms with Crippen LogP contribution in [0.4, 0.5) is 0 Å². The van der Waals surface area contributed by atoms with Gasteiger partial charge in [-0.2, -0.15) is 0 Å². The van der Waals surface area contributed by atoms with E-state index < -0.39 is 0 Å². The van der Waals surface area contributed by atoms with E-state index in [1.807, 2.05) is 19.2 Å². The van der Waals surface area contributed by atoms with Crippen LogP contribution < -0.4 is 0 Å². The molecule has 0 radical (unpaired) electrons. The second-order valence-corrected chi connectivity index (χ2v) is 5.93. The van der Waals surface area contributed by atoms with Crippen LogP contribution in [0.1, 0.15) is 47.1 Å². The molecule has 0 aliphatic carbocycles. The van der Waals surface area contributed by atoms with Gasteiger partial charge in [0.2, 0.25) is 5.76 Å². The van der Waals surface area contributed by atoms with Gasteiger partial charge in [0.05, 0.1) is 5.69 Å². The van der Waals surface area contributed by atoms with Crippen LogP contribution in [0.15, 0.2) is 22.9 Å². The van der Waals surface area contributed by atoms with Gasteiger partial charge in [-0.3, -0.25) is 9.78 Å². The maximum atomic E-state index is 12.6. The number of aromatic nitrogens is 2. The van der Waals surface area contributed by atoms with E-state index in [9.17, 15) is 4.79 Å². The lowest BCUT2D eigenvalue weighted by Crippen LogP contribution is -2.25. The van der Waals surface area contributed by atoms with E-state index in [2.05, 4.69) is 23.8 Å². The Bertz CT molecular complexity index is 651. The van der Waals surface area contributed by atoms with Gasteiger partial charge in [-0.25, -0.2) is 4.98 Å². The average molecular weight is 285 g/mol. The van der Waals surface area contributed by atoms with Gasteiger partial charge in [-0.15, -0.1) is 0 Å². The number of carbonyl (C=O) groups is 1. The minimum Gasteiger partial charge on any atom is -0.435 e. The molecule has 0 aromatic carbocycles. The van der Waals surface area contributed by atoms with E-state index in [1.54, 1.807) is 11.1 Å². The van der Waals surface area contributed by atoms with Gasteiger partial charge in [0, 0.05) is 31.9 Å². The van der Waals surface area contributed by atoms with Crippen LogP contribution in [-0.2, 0) is 19.5 Å². The maximum Gasteiger partial charge on any atom is 0.292 e. The number of hydrogen-bond acceptors (Lipinski definition) is 4. The van der Waals surface area contributed by atoms with Gasteiger partial charge in [-0.05, 0) is 30.0 Å². The van der Waals surface area contributed by atoms with Crippen molar-refractivity contribution in [3.63, 3.8) is 0 Å². The molecule has 0 atom stereocenters. The number of hydrogen-bond donors (Lipinski definition) is 0. The molecular formula is C16H19N3O2. The molecule has 0 spiro atoms. The summed E-state index contributed by atoms with van der Waals surface area (Å²) < 4.78 is 5.68. The minimum atomic E-state index is -0.0915. The smallest absolute Gasteiger partial charge is 0.292 e. The topological polar surface area (TPSA) is 59.2 Å². The molecule has 1 aliphatic rings.